The average Bonchev–Trinajstić information content (AvgIpc) is 3.11. The fourth-order valence-electron chi connectivity index (χ4n) is 4.36. The van der Waals surface area contributed by atoms with Crippen molar-refractivity contribution in [1.82, 2.24) is 19.9 Å². The first kappa shape index (κ1) is 27.3. The Morgan fingerprint density at radius 2 is 2.14 bits per heavy atom. The molecule has 0 aliphatic heterocycles. The van der Waals surface area contributed by atoms with Crippen molar-refractivity contribution in [3.63, 3.8) is 0 Å². The van der Waals surface area contributed by atoms with E-state index in [1.165, 1.54) is 10.6 Å². The zero-order valence-corrected chi connectivity index (χ0v) is 21.1. The molecule has 2 aromatic heterocycles. The van der Waals surface area contributed by atoms with Gasteiger partial charge in [-0.3, -0.25) is 9.36 Å². The minimum atomic E-state index is -3.08. The van der Waals surface area contributed by atoms with Crippen molar-refractivity contribution in [2.75, 3.05) is 6.54 Å². The number of aromatic nitrogens is 3. The number of carbonyl (C=O) groups is 1. The number of halogens is 3. The second-order valence-corrected chi connectivity index (χ2v) is 10.0. The van der Waals surface area contributed by atoms with E-state index in [0.29, 0.717) is 31.5 Å². The molecule has 35 heavy (non-hydrogen) atoms. The quantitative estimate of drug-likeness (QED) is 0.468. The van der Waals surface area contributed by atoms with Crippen molar-refractivity contribution in [2.45, 2.75) is 78.1 Å². The summed E-state index contributed by atoms with van der Waals surface area (Å²) in [7, 11) is 0. The van der Waals surface area contributed by atoms with Crippen LogP contribution in [0.4, 0.5) is 8.78 Å². The van der Waals surface area contributed by atoms with Gasteiger partial charge in [-0.15, -0.1) is 0 Å². The van der Waals surface area contributed by atoms with Crippen LogP contribution in [0, 0.1) is 11.8 Å². The summed E-state index contributed by atoms with van der Waals surface area (Å²) in [6.07, 6.45) is 3.05. The third-order valence-electron chi connectivity index (χ3n) is 6.25. The molecule has 0 radical (unpaired) electrons. The van der Waals surface area contributed by atoms with Gasteiger partial charge in [-0.2, -0.15) is 8.78 Å². The number of carbonyl (C=O) groups excluding carboxylic acids is 1. The zero-order chi connectivity index (χ0) is 25.9. The van der Waals surface area contributed by atoms with Crippen molar-refractivity contribution in [3.05, 3.63) is 34.5 Å². The Morgan fingerprint density at radius 1 is 1.43 bits per heavy atom. The van der Waals surface area contributed by atoms with Crippen molar-refractivity contribution < 1.29 is 28.5 Å². The standard InChI is InChI=1S/C24H33ClF2N4O4/c1-5-18-30-19(22(33)29-12-24(34)7-6-14(4)9-17(24)32)20(25)31(18)21-16(35-23(26)27)10-15(11-28-21)8-13(2)3/h10-11,13-14,17,23,32,34H,5-9,12H2,1-4H3,(H,29,33)/t14-,17-,24-/m0/s1. The summed E-state index contributed by atoms with van der Waals surface area (Å²) in [5.74, 6) is 0.0573. The number of pyridine rings is 1. The maximum atomic E-state index is 13.2. The van der Waals surface area contributed by atoms with E-state index in [1.807, 2.05) is 20.8 Å². The van der Waals surface area contributed by atoms with Gasteiger partial charge < -0.3 is 20.3 Å². The molecule has 0 unspecified atom stereocenters. The molecule has 0 bridgehead atoms. The Morgan fingerprint density at radius 3 is 2.74 bits per heavy atom. The lowest BCUT2D eigenvalue weighted by Crippen LogP contribution is -2.54. The van der Waals surface area contributed by atoms with E-state index in [-0.39, 0.29) is 40.8 Å². The van der Waals surface area contributed by atoms with Gasteiger partial charge in [0.1, 0.15) is 16.6 Å². The van der Waals surface area contributed by atoms with Gasteiger partial charge in [0.2, 0.25) is 0 Å². The molecule has 2 aromatic rings. The molecule has 8 nitrogen and oxygen atoms in total. The number of aryl methyl sites for hydroxylation is 1. The third kappa shape index (κ3) is 6.29. The van der Waals surface area contributed by atoms with E-state index in [9.17, 15) is 23.8 Å². The topological polar surface area (TPSA) is 110 Å². The Kier molecular flexibility index (Phi) is 8.72. The van der Waals surface area contributed by atoms with Gasteiger partial charge in [-0.1, -0.05) is 39.3 Å². The Hall–Kier alpha value is -2.30. The van der Waals surface area contributed by atoms with Crippen molar-refractivity contribution in [3.8, 4) is 11.6 Å². The lowest BCUT2D eigenvalue weighted by molar-refractivity contribution is -0.106. The van der Waals surface area contributed by atoms with Gasteiger partial charge in [0, 0.05) is 19.2 Å². The summed E-state index contributed by atoms with van der Waals surface area (Å²) in [5, 5.41) is 23.6. The number of hydrogen-bond donors (Lipinski definition) is 3. The second-order valence-electron chi connectivity index (χ2n) is 9.68. The molecule has 3 N–H and O–H groups in total. The largest absolute Gasteiger partial charge is 0.431 e. The Labute approximate surface area is 208 Å². The summed E-state index contributed by atoms with van der Waals surface area (Å²) < 4.78 is 32.4. The van der Waals surface area contributed by atoms with Crippen molar-refractivity contribution in [1.29, 1.82) is 0 Å². The molecule has 3 rings (SSSR count). The van der Waals surface area contributed by atoms with Crippen LogP contribution >= 0.6 is 11.6 Å². The third-order valence-corrected chi connectivity index (χ3v) is 6.60. The minimum absolute atomic E-state index is 0.00141. The summed E-state index contributed by atoms with van der Waals surface area (Å²) in [6, 6.07) is 1.49. The minimum Gasteiger partial charge on any atom is -0.431 e. The highest BCUT2D eigenvalue weighted by atomic mass is 35.5. The first-order valence-corrected chi connectivity index (χ1v) is 12.2. The van der Waals surface area contributed by atoms with E-state index in [4.69, 9.17) is 16.3 Å². The highest BCUT2D eigenvalue weighted by molar-refractivity contribution is 6.32. The maximum Gasteiger partial charge on any atom is 0.387 e. The van der Waals surface area contributed by atoms with Crippen LogP contribution in [0.2, 0.25) is 5.15 Å². The number of aliphatic hydroxyl groups is 2. The van der Waals surface area contributed by atoms with E-state index in [0.717, 1.165) is 12.0 Å². The fourth-order valence-corrected chi connectivity index (χ4v) is 4.66. The van der Waals surface area contributed by atoms with Crippen LogP contribution in [0.3, 0.4) is 0 Å². The molecule has 0 saturated heterocycles. The summed E-state index contributed by atoms with van der Waals surface area (Å²) >= 11 is 6.52. The van der Waals surface area contributed by atoms with Crippen molar-refractivity contribution >= 4 is 17.5 Å². The maximum absolute atomic E-state index is 13.2. The van der Waals surface area contributed by atoms with Crippen LogP contribution in [0.15, 0.2) is 12.3 Å². The van der Waals surface area contributed by atoms with Crippen LogP contribution in [0.25, 0.3) is 5.82 Å². The number of alkyl halides is 2. The van der Waals surface area contributed by atoms with E-state index >= 15 is 0 Å². The molecule has 194 valence electrons. The lowest BCUT2D eigenvalue weighted by atomic mass is 9.77. The fraction of sp³-hybridized carbons (Fsp3) is 0.625. The predicted octanol–water partition coefficient (Wildman–Crippen LogP) is 3.92. The molecule has 2 heterocycles. The van der Waals surface area contributed by atoms with E-state index < -0.39 is 24.2 Å². The highest BCUT2D eigenvalue weighted by Crippen LogP contribution is 2.33. The molecule has 11 heteroatoms. The highest BCUT2D eigenvalue weighted by Gasteiger charge is 2.40. The van der Waals surface area contributed by atoms with Crippen LogP contribution < -0.4 is 10.1 Å². The molecular weight excluding hydrogens is 482 g/mol. The lowest BCUT2D eigenvalue weighted by Gasteiger charge is -2.39. The predicted molar refractivity (Wildman–Crippen MR) is 127 cm³/mol. The molecule has 0 spiro atoms. The van der Waals surface area contributed by atoms with Crippen LogP contribution in [0.5, 0.6) is 5.75 Å². The first-order valence-electron chi connectivity index (χ1n) is 11.8. The normalized spacial score (nSPS) is 22.6. The molecule has 1 saturated carbocycles. The van der Waals surface area contributed by atoms with Gasteiger partial charge in [-0.05, 0) is 49.1 Å². The van der Waals surface area contributed by atoms with Gasteiger partial charge in [0.25, 0.3) is 5.91 Å². The first-order chi connectivity index (χ1) is 16.4. The molecule has 1 aliphatic rings. The summed E-state index contributed by atoms with van der Waals surface area (Å²) in [5.41, 5.74) is -0.862. The van der Waals surface area contributed by atoms with Gasteiger partial charge in [-0.25, -0.2) is 9.97 Å². The van der Waals surface area contributed by atoms with E-state index in [1.54, 1.807) is 13.1 Å². The van der Waals surface area contributed by atoms with Crippen molar-refractivity contribution in [2.24, 2.45) is 11.8 Å². The Balaban J connectivity index is 1.91. The second kappa shape index (κ2) is 11.2. The number of aliphatic hydroxyl groups excluding tert-OH is 1. The van der Waals surface area contributed by atoms with Gasteiger partial charge in [0.15, 0.2) is 17.3 Å². The SMILES string of the molecule is CCc1nc(C(=O)NC[C@@]2(O)CC[C@H](C)C[C@@H]2O)c(Cl)n1-c1ncc(CC(C)C)cc1OC(F)F. The molecule has 3 atom stereocenters. The number of amides is 1. The van der Waals surface area contributed by atoms with Crippen LogP contribution in [-0.4, -0.2) is 55.5 Å². The molecule has 1 fully saturated rings. The van der Waals surface area contributed by atoms with Crippen LogP contribution in [0.1, 0.15) is 68.8 Å². The number of nitrogens with zero attached hydrogens (tertiary/aromatic N) is 3. The van der Waals surface area contributed by atoms with Crippen LogP contribution in [-0.2, 0) is 12.8 Å². The average molecular weight is 515 g/mol. The summed E-state index contributed by atoms with van der Waals surface area (Å²) in [6.45, 7) is 4.52. The number of hydrogen-bond acceptors (Lipinski definition) is 6. The number of imidazole rings is 1. The number of ether oxygens (including phenoxy) is 1. The van der Waals surface area contributed by atoms with Gasteiger partial charge in [0.05, 0.1) is 6.10 Å². The molecular formula is C24H33ClF2N4O4. The number of rotatable bonds is 9. The molecule has 1 amide bonds. The Bertz CT molecular complexity index is 1050. The smallest absolute Gasteiger partial charge is 0.387 e. The molecule has 0 aromatic carbocycles. The monoisotopic (exact) mass is 514 g/mol. The molecule has 1 aliphatic carbocycles. The van der Waals surface area contributed by atoms with Gasteiger partial charge >= 0.3 is 6.61 Å². The summed E-state index contributed by atoms with van der Waals surface area (Å²) in [4.78, 5) is 21.6. The number of nitrogens with one attached hydrogen (secondary N) is 1. The zero-order valence-electron chi connectivity index (χ0n) is 20.4. The van der Waals surface area contributed by atoms with E-state index in [2.05, 4.69) is 15.3 Å².